The number of carbonyl (C=O) groups is 2. The number of hydrogen-bond donors (Lipinski definition) is 3. The first-order valence-electron chi connectivity index (χ1n) is 8.89. The van der Waals surface area contributed by atoms with Crippen molar-refractivity contribution in [2.75, 3.05) is 19.7 Å². The van der Waals surface area contributed by atoms with E-state index in [2.05, 4.69) is 17.3 Å². The Morgan fingerprint density at radius 3 is 2.96 bits per heavy atom. The lowest BCUT2D eigenvalue weighted by molar-refractivity contribution is -0.134. The summed E-state index contributed by atoms with van der Waals surface area (Å²) in [6.07, 6.45) is 1.71. The maximum atomic E-state index is 12.3. The number of carbonyl (C=O) groups excluding carboxylic acids is 2. The van der Waals surface area contributed by atoms with Crippen molar-refractivity contribution < 1.29 is 14.3 Å². The van der Waals surface area contributed by atoms with Gasteiger partial charge in [-0.2, -0.15) is 0 Å². The second kappa shape index (κ2) is 8.66. The molecule has 4 N–H and O–H groups in total. The molecular formula is C20H24N4O3. The molecule has 2 amide bonds. The van der Waals surface area contributed by atoms with E-state index >= 15 is 0 Å². The van der Waals surface area contributed by atoms with Gasteiger partial charge in [0.25, 0.3) is 0 Å². The van der Waals surface area contributed by atoms with Crippen LogP contribution in [0.4, 0.5) is 0 Å². The van der Waals surface area contributed by atoms with Crippen LogP contribution in [0.15, 0.2) is 49.1 Å². The van der Waals surface area contributed by atoms with Crippen LogP contribution in [0, 0.1) is 0 Å². The van der Waals surface area contributed by atoms with Gasteiger partial charge in [-0.1, -0.05) is 43.0 Å². The van der Waals surface area contributed by atoms with Gasteiger partial charge in [0.2, 0.25) is 11.8 Å². The van der Waals surface area contributed by atoms with Gasteiger partial charge >= 0.3 is 0 Å². The maximum absolute atomic E-state index is 12.3. The third-order valence-corrected chi connectivity index (χ3v) is 4.70. The first kappa shape index (κ1) is 18.9. The van der Waals surface area contributed by atoms with Crippen LogP contribution >= 0.6 is 0 Å². The fraction of sp³-hybridized carbons (Fsp3) is 0.300. The monoisotopic (exact) mass is 368 g/mol. The lowest BCUT2D eigenvalue weighted by Crippen LogP contribution is -2.56. The molecule has 27 heavy (non-hydrogen) atoms. The number of nitrogens with two attached hydrogens (primary N) is 1. The summed E-state index contributed by atoms with van der Waals surface area (Å²) in [5.74, 6) is 5.42. The highest BCUT2D eigenvalue weighted by Crippen LogP contribution is 2.30. The molecule has 2 aromatic rings. The van der Waals surface area contributed by atoms with Crippen molar-refractivity contribution in [3.05, 3.63) is 54.6 Å². The van der Waals surface area contributed by atoms with Gasteiger partial charge in [0, 0.05) is 25.2 Å². The van der Waals surface area contributed by atoms with Gasteiger partial charge in [-0.05, 0) is 16.8 Å². The fourth-order valence-electron chi connectivity index (χ4n) is 3.37. The third kappa shape index (κ3) is 4.27. The second-order valence-electron chi connectivity index (χ2n) is 6.41. The summed E-state index contributed by atoms with van der Waals surface area (Å²) in [5.41, 5.74) is 3.09. The number of ether oxygens (including phenoxy) is 1. The van der Waals surface area contributed by atoms with Gasteiger partial charge in [0.05, 0.1) is 12.5 Å². The molecule has 1 aliphatic heterocycles. The number of nitrogens with zero attached hydrogens (tertiary/aromatic N) is 1. The summed E-state index contributed by atoms with van der Waals surface area (Å²) < 4.78 is 5.86. The molecule has 1 unspecified atom stereocenters. The first-order valence-corrected chi connectivity index (χ1v) is 8.89. The predicted molar refractivity (Wildman–Crippen MR) is 104 cm³/mol. The molecule has 1 fully saturated rings. The molecule has 2 aromatic carbocycles. The SMILES string of the molecule is C=CCOc1ccc2ccccc2c1CN1CCNC(=O)C1CC(=O)NN. The van der Waals surface area contributed by atoms with E-state index in [0.717, 1.165) is 22.1 Å². The van der Waals surface area contributed by atoms with Crippen molar-refractivity contribution in [2.45, 2.75) is 19.0 Å². The van der Waals surface area contributed by atoms with Gasteiger partial charge in [-0.15, -0.1) is 0 Å². The second-order valence-corrected chi connectivity index (χ2v) is 6.41. The van der Waals surface area contributed by atoms with Crippen molar-refractivity contribution in [2.24, 2.45) is 5.84 Å². The Kier molecular flexibility index (Phi) is 6.05. The summed E-state index contributed by atoms with van der Waals surface area (Å²) in [4.78, 5) is 26.1. The number of hydrazine groups is 1. The molecule has 0 bridgehead atoms. The Bertz CT molecular complexity index is 852. The highest BCUT2D eigenvalue weighted by molar-refractivity contribution is 5.89. The van der Waals surface area contributed by atoms with Crippen LogP contribution in [0.1, 0.15) is 12.0 Å². The van der Waals surface area contributed by atoms with Crippen molar-refractivity contribution >= 4 is 22.6 Å². The van der Waals surface area contributed by atoms with Gasteiger partial charge in [0.15, 0.2) is 0 Å². The van der Waals surface area contributed by atoms with E-state index in [0.29, 0.717) is 26.2 Å². The highest BCUT2D eigenvalue weighted by Gasteiger charge is 2.32. The molecular weight excluding hydrogens is 344 g/mol. The average molecular weight is 368 g/mol. The molecule has 1 saturated heterocycles. The molecule has 7 heteroatoms. The van der Waals surface area contributed by atoms with Gasteiger partial charge in [-0.3, -0.25) is 19.9 Å². The smallest absolute Gasteiger partial charge is 0.237 e. The molecule has 0 radical (unpaired) electrons. The topological polar surface area (TPSA) is 96.7 Å². The molecule has 1 aliphatic rings. The molecule has 1 atom stereocenters. The van der Waals surface area contributed by atoms with E-state index in [-0.39, 0.29) is 18.2 Å². The first-order chi connectivity index (χ1) is 13.1. The number of piperazine rings is 1. The Labute approximate surface area is 158 Å². The number of nitrogens with one attached hydrogen (secondary N) is 2. The predicted octanol–water partition coefficient (Wildman–Crippen LogP) is 1.08. The summed E-state index contributed by atoms with van der Waals surface area (Å²) in [6, 6.07) is 11.4. The minimum atomic E-state index is -0.575. The average Bonchev–Trinajstić information content (AvgIpc) is 2.69. The van der Waals surface area contributed by atoms with Crippen LogP contribution in [0.5, 0.6) is 5.75 Å². The Balaban J connectivity index is 1.96. The van der Waals surface area contributed by atoms with Crippen molar-refractivity contribution in [1.82, 2.24) is 15.6 Å². The minimum absolute atomic E-state index is 0.00987. The van der Waals surface area contributed by atoms with Crippen molar-refractivity contribution in [1.29, 1.82) is 0 Å². The molecule has 1 heterocycles. The summed E-state index contributed by atoms with van der Waals surface area (Å²) in [7, 11) is 0. The lowest BCUT2D eigenvalue weighted by Gasteiger charge is -2.35. The van der Waals surface area contributed by atoms with E-state index in [1.54, 1.807) is 6.08 Å². The van der Waals surface area contributed by atoms with Crippen LogP contribution in [-0.4, -0.2) is 42.5 Å². The Morgan fingerprint density at radius 1 is 1.37 bits per heavy atom. The Hall–Kier alpha value is -2.90. The van der Waals surface area contributed by atoms with Crippen LogP contribution < -0.4 is 21.3 Å². The number of amides is 2. The lowest BCUT2D eigenvalue weighted by atomic mass is 10.0. The van der Waals surface area contributed by atoms with Crippen molar-refractivity contribution in [3.8, 4) is 5.75 Å². The normalized spacial score (nSPS) is 17.4. The maximum Gasteiger partial charge on any atom is 0.237 e. The molecule has 0 aromatic heterocycles. The number of benzene rings is 2. The highest BCUT2D eigenvalue weighted by atomic mass is 16.5. The number of hydrogen-bond acceptors (Lipinski definition) is 5. The quantitative estimate of drug-likeness (QED) is 0.294. The van der Waals surface area contributed by atoms with Gasteiger partial charge in [-0.25, -0.2) is 5.84 Å². The zero-order chi connectivity index (χ0) is 19.2. The van der Waals surface area contributed by atoms with Gasteiger partial charge in [0.1, 0.15) is 12.4 Å². The number of rotatable bonds is 7. The number of fused-ring (bicyclic) bond motifs is 1. The van der Waals surface area contributed by atoms with Crippen LogP contribution in [0.3, 0.4) is 0 Å². The molecule has 0 aliphatic carbocycles. The summed E-state index contributed by atoms with van der Waals surface area (Å²) in [5, 5.41) is 4.97. The van der Waals surface area contributed by atoms with E-state index in [4.69, 9.17) is 10.6 Å². The molecule has 0 spiro atoms. The van der Waals surface area contributed by atoms with E-state index in [1.165, 1.54) is 0 Å². The summed E-state index contributed by atoms with van der Waals surface area (Å²) in [6.45, 7) is 5.76. The van der Waals surface area contributed by atoms with Crippen LogP contribution in [0.25, 0.3) is 10.8 Å². The standard InChI is InChI=1S/C20H24N4O3/c1-2-11-27-18-8-7-14-5-3-4-6-15(14)16(18)13-24-10-9-22-20(26)17(24)12-19(25)23-21/h2-8,17H,1,9-13,21H2,(H,22,26)(H,23,25). The van der Waals surface area contributed by atoms with E-state index < -0.39 is 6.04 Å². The largest absolute Gasteiger partial charge is 0.489 e. The zero-order valence-electron chi connectivity index (χ0n) is 15.1. The minimum Gasteiger partial charge on any atom is -0.489 e. The molecule has 3 rings (SSSR count). The van der Waals surface area contributed by atoms with E-state index in [9.17, 15) is 9.59 Å². The molecule has 142 valence electrons. The van der Waals surface area contributed by atoms with E-state index in [1.807, 2.05) is 41.3 Å². The van der Waals surface area contributed by atoms with Crippen LogP contribution in [-0.2, 0) is 16.1 Å². The third-order valence-electron chi connectivity index (χ3n) is 4.70. The Morgan fingerprint density at radius 2 is 2.19 bits per heavy atom. The molecule has 0 saturated carbocycles. The summed E-state index contributed by atoms with van der Waals surface area (Å²) >= 11 is 0. The fourth-order valence-corrected chi connectivity index (χ4v) is 3.37. The van der Waals surface area contributed by atoms with Crippen LogP contribution in [0.2, 0.25) is 0 Å². The zero-order valence-corrected chi connectivity index (χ0v) is 15.1. The van der Waals surface area contributed by atoms with Gasteiger partial charge < -0.3 is 10.1 Å². The van der Waals surface area contributed by atoms with Crippen molar-refractivity contribution in [3.63, 3.8) is 0 Å². The molecule has 7 nitrogen and oxygen atoms in total.